The van der Waals surface area contributed by atoms with Gasteiger partial charge in [0.05, 0.1) is 0 Å². The Balaban J connectivity index is 1.90. The standard InChI is InChI=1S/C17H14Cl2N2O3S/c18-15-6-1-13(2-7-15)5-10-17(22)21-25(23,24)20-12-11-14-3-8-16(19)9-4-14/h1-12,20H,(H,21,22)/b10-5+,12-11+. The highest BCUT2D eigenvalue weighted by Crippen LogP contribution is 2.11. The fourth-order valence-corrected chi connectivity index (χ4v) is 2.63. The normalized spacial score (nSPS) is 11.8. The highest BCUT2D eigenvalue weighted by atomic mass is 35.5. The summed E-state index contributed by atoms with van der Waals surface area (Å²) in [6.07, 6.45) is 5.33. The van der Waals surface area contributed by atoms with Crippen LogP contribution in [0.25, 0.3) is 12.2 Å². The predicted molar refractivity (Wildman–Crippen MR) is 101 cm³/mol. The van der Waals surface area contributed by atoms with Crippen LogP contribution >= 0.6 is 23.2 Å². The molecular formula is C17H14Cl2N2O3S. The quantitative estimate of drug-likeness (QED) is 0.731. The van der Waals surface area contributed by atoms with E-state index in [2.05, 4.69) is 4.72 Å². The van der Waals surface area contributed by atoms with E-state index in [-0.39, 0.29) is 0 Å². The van der Waals surface area contributed by atoms with Crippen LogP contribution in [0.4, 0.5) is 0 Å². The molecular weight excluding hydrogens is 383 g/mol. The molecule has 130 valence electrons. The summed E-state index contributed by atoms with van der Waals surface area (Å²) >= 11 is 11.5. The van der Waals surface area contributed by atoms with Crippen molar-refractivity contribution < 1.29 is 13.2 Å². The van der Waals surface area contributed by atoms with Gasteiger partial charge in [-0.3, -0.25) is 9.52 Å². The highest BCUT2D eigenvalue weighted by molar-refractivity contribution is 7.88. The molecule has 25 heavy (non-hydrogen) atoms. The van der Waals surface area contributed by atoms with Gasteiger partial charge < -0.3 is 0 Å². The first-order valence-electron chi connectivity index (χ1n) is 7.04. The van der Waals surface area contributed by atoms with Crippen molar-refractivity contribution in [2.45, 2.75) is 0 Å². The van der Waals surface area contributed by atoms with Gasteiger partial charge in [0.2, 0.25) is 0 Å². The monoisotopic (exact) mass is 396 g/mol. The third-order valence-corrected chi connectivity index (χ3v) is 4.32. The Morgan fingerprint density at radius 3 is 1.84 bits per heavy atom. The zero-order valence-corrected chi connectivity index (χ0v) is 15.1. The lowest BCUT2D eigenvalue weighted by Gasteiger charge is -2.03. The number of benzene rings is 2. The van der Waals surface area contributed by atoms with Crippen LogP contribution in [0.5, 0.6) is 0 Å². The van der Waals surface area contributed by atoms with Gasteiger partial charge in [-0.1, -0.05) is 47.5 Å². The zero-order valence-electron chi connectivity index (χ0n) is 12.8. The van der Waals surface area contributed by atoms with Crippen molar-refractivity contribution >= 4 is 51.5 Å². The van der Waals surface area contributed by atoms with Crippen LogP contribution in [-0.4, -0.2) is 14.3 Å². The van der Waals surface area contributed by atoms with Gasteiger partial charge in [0, 0.05) is 22.3 Å². The molecule has 5 nitrogen and oxygen atoms in total. The van der Waals surface area contributed by atoms with Gasteiger partial charge in [-0.25, -0.2) is 4.72 Å². The average molecular weight is 397 g/mol. The third-order valence-electron chi connectivity index (χ3n) is 2.90. The smallest absolute Gasteiger partial charge is 0.273 e. The van der Waals surface area contributed by atoms with E-state index >= 15 is 0 Å². The number of halogens is 2. The molecule has 0 radical (unpaired) electrons. The second-order valence-electron chi connectivity index (χ2n) is 4.86. The van der Waals surface area contributed by atoms with Gasteiger partial charge in [0.1, 0.15) is 0 Å². The molecule has 0 saturated carbocycles. The minimum absolute atomic E-state index is 0.570. The van der Waals surface area contributed by atoms with Crippen molar-refractivity contribution in [2.75, 3.05) is 0 Å². The molecule has 0 saturated heterocycles. The SMILES string of the molecule is O=C(/C=C/c1ccc(Cl)cc1)NS(=O)(=O)N/C=C/c1ccc(Cl)cc1. The van der Waals surface area contributed by atoms with E-state index in [1.165, 1.54) is 18.4 Å². The lowest BCUT2D eigenvalue weighted by atomic mass is 10.2. The maximum atomic E-state index is 11.8. The van der Waals surface area contributed by atoms with Crippen LogP contribution < -0.4 is 9.44 Å². The van der Waals surface area contributed by atoms with E-state index in [1.807, 2.05) is 4.72 Å². The van der Waals surface area contributed by atoms with Gasteiger partial charge >= 0.3 is 10.2 Å². The maximum absolute atomic E-state index is 11.8. The van der Waals surface area contributed by atoms with E-state index in [9.17, 15) is 13.2 Å². The highest BCUT2D eigenvalue weighted by Gasteiger charge is 2.09. The van der Waals surface area contributed by atoms with Gasteiger partial charge in [-0.15, -0.1) is 0 Å². The predicted octanol–water partition coefficient (Wildman–Crippen LogP) is 3.63. The van der Waals surface area contributed by atoms with E-state index in [0.717, 1.165) is 11.6 Å². The van der Waals surface area contributed by atoms with Gasteiger partial charge in [0.25, 0.3) is 5.91 Å². The van der Waals surface area contributed by atoms with Crippen LogP contribution in [0.1, 0.15) is 11.1 Å². The fraction of sp³-hybridized carbons (Fsp3) is 0. The molecule has 0 spiro atoms. The molecule has 8 heteroatoms. The van der Waals surface area contributed by atoms with E-state index in [1.54, 1.807) is 48.5 Å². The number of amides is 1. The summed E-state index contributed by atoms with van der Waals surface area (Å²) < 4.78 is 27.6. The molecule has 1 amide bonds. The molecule has 2 aromatic rings. The summed E-state index contributed by atoms with van der Waals surface area (Å²) in [7, 11) is -4.00. The summed E-state index contributed by atoms with van der Waals surface area (Å²) in [6, 6.07) is 13.5. The second kappa shape index (κ2) is 8.71. The number of nitrogens with one attached hydrogen (secondary N) is 2. The molecule has 2 N–H and O–H groups in total. The zero-order chi connectivity index (χ0) is 18.3. The van der Waals surface area contributed by atoms with Crippen molar-refractivity contribution in [1.82, 2.24) is 9.44 Å². The number of rotatable bonds is 6. The van der Waals surface area contributed by atoms with Crippen molar-refractivity contribution in [3.05, 3.63) is 82.0 Å². The van der Waals surface area contributed by atoms with Crippen LogP contribution in [-0.2, 0) is 15.0 Å². The lowest BCUT2D eigenvalue weighted by Crippen LogP contribution is -2.36. The molecule has 2 rings (SSSR count). The Morgan fingerprint density at radius 1 is 0.840 bits per heavy atom. The molecule has 0 bridgehead atoms. The Bertz CT molecular complexity index is 890. The Labute approximate surface area is 156 Å². The van der Waals surface area contributed by atoms with Crippen LogP contribution in [0.15, 0.2) is 60.8 Å². The first-order valence-corrected chi connectivity index (χ1v) is 9.28. The van der Waals surface area contributed by atoms with Crippen LogP contribution in [0.3, 0.4) is 0 Å². The molecule has 0 fully saturated rings. The summed E-state index contributed by atoms with van der Waals surface area (Å²) in [5.41, 5.74) is 1.47. The molecule has 0 aliphatic heterocycles. The Morgan fingerprint density at radius 2 is 1.32 bits per heavy atom. The summed E-state index contributed by atoms with van der Waals surface area (Å²) in [5, 5.41) is 1.15. The molecule has 0 aromatic heterocycles. The van der Waals surface area contributed by atoms with E-state index < -0.39 is 16.1 Å². The molecule has 0 unspecified atom stereocenters. The lowest BCUT2D eigenvalue weighted by molar-refractivity contribution is -0.114. The molecule has 2 aromatic carbocycles. The molecule has 0 heterocycles. The third kappa shape index (κ3) is 7.01. The van der Waals surface area contributed by atoms with E-state index in [4.69, 9.17) is 23.2 Å². The van der Waals surface area contributed by atoms with Crippen molar-refractivity contribution in [2.24, 2.45) is 0 Å². The Hall–Kier alpha value is -2.28. The van der Waals surface area contributed by atoms with Crippen LogP contribution in [0.2, 0.25) is 10.0 Å². The molecule has 0 aliphatic carbocycles. The van der Waals surface area contributed by atoms with Gasteiger partial charge in [-0.2, -0.15) is 8.42 Å². The largest absolute Gasteiger partial charge is 0.323 e. The number of hydrogen-bond donors (Lipinski definition) is 2. The van der Waals surface area contributed by atoms with Gasteiger partial charge in [-0.05, 0) is 47.5 Å². The van der Waals surface area contributed by atoms with Crippen molar-refractivity contribution in [3.8, 4) is 0 Å². The van der Waals surface area contributed by atoms with Crippen molar-refractivity contribution in [1.29, 1.82) is 0 Å². The molecule has 0 aliphatic rings. The second-order valence-corrected chi connectivity index (χ2v) is 7.18. The minimum atomic E-state index is -4.00. The van der Waals surface area contributed by atoms with Crippen LogP contribution in [0, 0.1) is 0 Å². The first kappa shape index (κ1) is 19.1. The first-order chi connectivity index (χ1) is 11.8. The van der Waals surface area contributed by atoms with E-state index in [0.29, 0.717) is 15.6 Å². The average Bonchev–Trinajstić information content (AvgIpc) is 2.55. The number of carbonyl (C=O) groups excluding carboxylic acids is 1. The van der Waals surface area contributed by atoms with Crippen molar-refractivity contribution in [3.63, 3.8) is 0 Å². The number of hydrogen-bond acceptors (Lipinski definition) is 3. The topological polar surface area (TPSA) is 75.3 Å². The fourth-order valence-electron chi connectivity index (χ4n) is 1.74. The summed E-state index contributed by atoms with van der Waals surface area (Å²) in [5.74, 6) is -0.776. The van der Waals surface area contributed by atoms with Gasteiger partial charge in [0.15, 0.2) is 0 Å². The Kier molecular flexibility index (Phi) is 6.64. The minimum Gasteiger partial charge on any atom is -0.273 e. The number of carbonyl (C=O) groups is 1. The maximum Gasteiger partial charge on any atom is 0.323 e. The molecule has 0 atom stereocenters. The summed E-state index contributed by atoms with van der Waals surface area (Å²) in [4.78, 5) is 11.7. The summed E-state index contributed by atoms with van der Waals surface area (Å²) in [6.45, 7) is 0.